The molecule has 0 fully saturated rings. The average molecular weight is 551 g/mol. The van der Waals surface area contributed by atoms with E-state index in [1.165, 1.54) is 0 Å². The van der Waals surface area contributed by atoms with Gasteiger partial charge in [-0.3, -0.25) is 0 Å². The Bertz CT molecular complexity index is 1120. The summed E-state index contributed by atoms with van der Waals surface area (Å²) in [6.07, 6.45) is 0.761. The van der Waals surface area contributed by atoms with Crippen molar-refractivity contribution in [2.75, 3.05) is 14.2 Å². The van der Waals surface area contributed by atoms with Crippen molar-refractivity contribution in [1.82, 2.24) is 0 Å². The number of rotatable bonds is 10. The predicted molar refractivity (Wildman–Crippen MR) is 148 cm³/mol. The molecule has 10 nitrogen and oxygen atoms in total. The summed E-state index contributed by atoms with van der Waals surface area (Å²) in [7, 11) is 3.19. The Hall–Kier alpha value is -4.12. The minimum atomic E-state index is -1.05. The van der Waals surface area contributed by atoms with Crippen LogP contribution in [0.1, 0.15) is 75.1 Å². The van der Waals surface area contributed by atoms with Crippen molar-refractivity contribution in [1.29, 1.82) is 10.5 Å². The highest BCUT2D eigenvalue weighted by atomic mass is 17.2. The van der Waals surface area contributed by atoms with Gasteiger partial charge in [0.2, 0.25) is 0 Å². The fourth-order valence-corrected chi connectivity index (χ4v) is 3.54. The van der Waals surface area contributed by atoms with E-state index in [0.29, 0.717) is 24.0 Å². The number of carbonyl (C=O) groups excluding carboxylic acids is 2. The van der Waals surface area contributed by atoms with E-state index in [1.54, 1.807) is 88.7 Å². The topological polar surface area (TPSA) is 143 Å². The van der Waals surface area contributed by atoms with Crippen molar-refractivity contribution in [3.05, 3.63) is 71.8 Å². The van der Waals surface area contributed by atoms with E-state index in [9.17, 15) is 20.1 Å². The summed E-state index contributed by atoms with van der Waals surface area (Å²) in [6.45, 7) is 10.9. The quantitative estimate of drug-likeness (QED) is 0.192. The predicted octanol–water partition coefficient (Wildman–Crippen LogP) is 6.25. The van der Waals surface area contributed by atoms with Gasteiger partial charge in [-0.2, -0.15) is 20.8 Å². The monoisotopic (exact) mass is 550 g/mol. The van der Waals surface area contributed by atoms with Gasteiger partial charge in [0.05, 0.1) is 34.5 Å². The summed E-state index contributed by atoms with van der Waals surface area (Å²) in [4.78, 5) is 31.9. The van der Waals surface area contributed by atoms with E-state index in [1.807, 2.05) is 27.7 Å². The maximum atomic E-state index is 11.5. The molecule has 10 heteroatoms. The van der Waals surface area contributed by atoms with Crippen LogP contribution in [0, 0.1) is 22.7 Å². The smallest absolute Gasteiger partial charge is 0.379 e. The molecule has 0 N–H and O–H groups in total. The Morgan fingerprint density at radius 2 is 0.950 bits per heavy atom. The SMILES string of the molecule is COC(C)(C)CC(C)(C#N)N=NC(C)(C#N)CC(C)(C)OC.O=C(OOC(=O)c1ccccc1)c1ccccc1. The van der Waals surface area contributed by atoms with Gasteiger partial charge in [0, 0.05) is 27.1 Å². The molecule has 2 aromatic rings. The van der Waals surface area contributed by atoms with Crippen LogP contribution in [0.15, 0.2) is 70.9 Å². The lowest BCUT2D eigenvalue weighted by Gasteiger charge is -2.31. The number of hydrogen-bond acceptors (Lipinski definition) is 10. The highest BCUT2D eigenvalue weighted by molar-refractivity contribution is 5.92. The van der Waals surface area contributed by atoms with Crippen LogP contribution in [-0.2, 0) is 19.2 Å². The van der Waals surface area contributed by atoms with Crippen molar-refractivity contribution < 1.29 is 28.8 Å². The van der Waals surface area contributed by atoms with Gasteiger partial charge >= 0.3 is 11.9 Å². The van der Waals surface area contributed by atoms with Gasteiger partial charge in [0.25, 0.3) is 0 Å². The van der Waals surface area contributed by atoms with Crippen molar-refractivity contribution in [2.24, 2.45) is 10.2 Å². The highest BCUT2D eigenvalue weighted by Crippen LogP contribution is 2.30. The molecule has 0 saturated carbocycles. The Kier molecular flexibility index (Phi) is 12.6. The van der Waals surface area contributed by atoms with Gasteiger partial charge in [-0.25, -0.2) is 19.4 Å². The molecule has 0 heterocycles. The molecule has 0 aromatic heterocycles. The first kappa shape index (κ1) is 33.9. The molecule has 40 heavy (non-hydrogen) atoms. The third-order valence-corrected chi connectivity index (χ3v) is 5.83. The first-order chi connectivity index (χ1) is 18.6. The molecule has 0 bridgehead atoms. The van der Waals surface area contributed by atoms with Crippen molar-refractivity contribution in [3.8, 4) is 12.1 Å². The molecule has 2 rings (SSSR count). The number of nitrogens with zero attached hydrogens (tertiary/aromatic N) is 4. The maximum Gasteiger partial charge on any atom is 0.386 e. The minimum Gasteiger partial charge on any atom is -0.379 e. The Labute approximate surface area is 236 Å². The summed E-state index contributed by atoms with van der Waals surface area (Å²) in [5, 5.41) is 27.2. The largest absolute Gasteiger partial charge is 0.386 e. The maximum absolute atomic E-state index is 11.5. The summed E-state index contributed by atoms with van der Waals surface area (Å²) in [6, 6.07) is 20.9. The molecule has 0 amide bonds. The first-order valence-electron chi connectivity index (χ1n) is 12.5. The molecule has 2 aromatic carbocycles. The van der Waals surface area contributed by atoms with Crippen LogP contribution in [0.25, 0.3) is 0 Å². The molecule has 0 saturated heterocycles. The molecule has 0 aliphatic carbocycles. The molecule has 2 atom stereocenters. The van der Waals surface area contributed by atoms with Crippen molar-refractivity contribution >= 4 is 11.9 Å². The standard InChI is InChI=1S/C16H28N4O2.C14H10O4/c1-13(2,21-7)9-15(5,11-17)19-20-16(6,12-18)10-14(3,4)22-8;15-13(11-7-3-1-4-8-11)17-18-14(16)12-9-5-2-6-10-12/h9-10H2,1-8H3;1-10H. The Morgan fingerprint density at radius 1 is 0.650 bits per heavy atom. The number of hydrogen-bond donors (Lipinski definition) is 0. The summed E-state index contributed by atoms with van der Waals surface area (Å²) < 4.78 is 10.7. The lowest BCUT2D eigenvalue weighted by molar-refractivity contribution is -0.187. The van der Waals surface area contributed by atoms with Crippen LogP contribution >= 0.6 is 0 Å². The number of ether oxygens (including phenoxy) is 2. The van der Waals surface area contributed by atoms with E-state index in [4.69, 9.17) is 9.47 Å². The molecule has 0 aliphatic heterocycles. The van der Waals surface area contributed by atoms with E-state index >= 15 is 0 Å². The van der Waals surface area contributed by atoms with Gasteiger partial charge in [-0.05, 0) is 65.8 Å². The lowest BCUT2D eigenvalue weighted by atomic mass is 9.88. The van der Waals surface area contributed by atoms with Crippen molar-refractivity contribution in [3.63, 3.8) is 0 Å². The Morgan fingerprint density at radius 3 is 1.20 bits per heavy atom. The molecular formula is C30H38N4O6. The van der Waals surface area contributed by atoms with Crippen LogP contribution in [0.2, 0.25) is 0 Å². The Balaban J connectivity index is 0.000000406. The number of methoxy groups -OCH3 is 2. The van der Waals surface area contributed by atoms with E-state index in [-0.39, 0.29) is 0 Å². The molecule has 0 radical (unpaired) electrons. The van der Waals surface area contributed by atoms with Crippen LogP contribution in [-0.4, -0.2) is 48.4 Å². The fraction of sp³-hybridized carbons (Fsp3) is 0.467. The second-order valence-electron chi connectivity index (χ2n) is 10.7. The average Bonchev–Trinajstić information content (AvgIpc) is 2.95. The zero-order valence-electron chi connectivity index (χ0n) is 24.4. The second-order valence-corrected chi connectivity index (χ2v) is 10.7. The molecule has 0 aliphatic rings. The van der Waals surface area contributed by atoms with Crippen LogP contribution < -0.4 is 0 Å². The highest BCUT2D eigenvalue weighted by Gasteiger charge is 2.37. The van der Waals surface area contributed by atoms with Gasteiger partial charge in [0.15, 0.2) is 11.1 Å². The minimum absolute atomic E-state index is 0.318. The molecule has 2 unspecified atom stereocenters. The normalized spacial score (nSPS) is 14.3. The number of azo groups is 1. The molecular weight excluding hydrogens is 512 g/mol. The first-order valence-corrected chi connectivity index (χ1v) is 12.5. The van der Waals surface area contributed by atoms with Crippen molar-refractivity contribution in [2.45, 2.75) is 76.7 Å². The van der Waals surface area contributed by atoms with Crippen LogP contribution in [0.4, 0.5) is 0 Å². The third-order valence-electron chi connectivity index (χ3n) is 5.83. The lowest BCUT2D eigenvalue weighted by Crippen LogP contribution is -2.37. The van der Waals surface area contributed by atoms with Crippen LogP contribution in [0.5, 0.6) is 0 Å². The molecule has 0 spiro atoms. The van der Waals surface area contributed by atoms with E-state index in [2.05, 4.69) is 32.1 Å². The third kappa shape index (κ3) is 11.7. The van der Waals surface area contributed by atoms with E-state index in [0.717, 1.165) is 0 Å². The summed E-state index contributed by atoms with van der Waals surface area (Å²) in [5.41, 5.74) is -2.46. The fourth-order valence-electron chi connectivity index (χ4n) is 3.54. The van der Waals surface area contributed by atoms with Crippen LogP contribution in [0.3, 0.4) is 0 Å². The zero-order chi connectivity index (χ0) is 30.5. The number of benzene rings is 2. The summed E-state index contributed by atoms with van der Waals surface area (Å²) >= 11 is 0. The van der Waals surface area contributed by atoms with Gasteiger partial charge in [0.1, 0.15) is 0 Å². The van der Waals surface area contributed by atoms with Gasteiger partial charge in [-0.1, -0.05) is 36.4 Å². The number of carbonyl (C=O) groups is 2. The molecule has 214 valence electrons. The van der Waals surface area contributed by atoms with E-state index < -0.39 is 34.2 Å². The zero-order valence-corrected chi connectivity index (χ0v) is 24.4. The summed E-state index contributed by atoms with van der Waals surface area (Å²) in [5.74, 6) is -1.42. The van der Waals surface area contributed by atoms with Gasteiger partial charge < -0.3 is 9.47 Å². The number of nitriles is 2. The second kappa shape index (κ2) is 14.9. The van der Waals surface area contributed by atoms with Gasteiger partial charge in [-0.15, -0.1) is 0 Å².